The summed E-state index contributed by atoms with van der Waals surface area (Å²) in [7, 11) is 1.93. The van der Waals surface area contributed by atoms with Crippen molar-refractivity contribution in [2.75, 3.05) is 26.7 Å². The first-order valence-electron chi connectivity index (χ1n) is 7.81. The van der Waals surface area contributed by atoms with Crippen LogP contribution in [0.25, 0.3) is 0 Å². The van der Waals surface area contributed by atoms with E-state index in [4.69, 9.17) is 4.74 Å². The number of hydrogen-bond donors (Lipinski definition) is 2. The van der Waals surface area contributed by atoms with E-state index in [1.807, 2.05) is 37.4 Å². The van der Waals surface area contributed by atoms with Gasteiger partial charge in [-0.1, -0.05) is 37.3 Å². The van der Waals surface area contributed by atoms with Crippen molar-refractivity contribution in [3.63, 3.8) is 0 Å². The second-order valence-electron chi connectivity index (χ2n) is 5.86. The zero-order valence-corrected chi connectivity index (χ0v) is 13.0. The summed E-state index contributed by atoms with van der Waals surface area (Å²) in [5.74, 6) is 0.466. The molecule has 1 amide bonds. The van der Waals surface area contributed by atoms with E-state index >= 15 is 0 Å². The highest BCUT2D eigenvalue weighted by Crippen LogP contribution is 2.33. The molecule has 2 rings (SSSR count). The van der Waals surface area contributed by atoms with Crippen molar-refractivity contribution in [3.8, 4) is 0 Å². The number of nitrogens with one attached hydrogen (secondary N) is 2. The Labute approximate surface area is 127 Å². The average molecular weight is 290 g/mol. The molecule has 0 saturated carbocycles. The summed E-state index contributed by atoms with van der Waals surface area (Å²) in [6.07, 6.45) is 1.73. The third-order valence-electron chi connectivity index (χ3n) is 3.96. The predicted octanol–water partition coefficient (Wildman–Crippen LogP) is 2.13. The van der Waals surface area contributed by atoms with E-state index in [1.165, 1.54) is 0 Å². The van der Waals surface area contributed by atoms with Crippen molar-refractivity contribution in [1.82, 2.24) is 10.6 Å². The fraction of sp³-hybridized carbons (Fsp3) is 0.588. The second-order valence-corrected chi connectivity index (χ2v) is 5.86. The van der Waals surface area contributed by atoms with Crippen molar-refractivity contribution in [2.45, 2.75) is 25.9 Å². The minimum Gasteiger partial charge on any atom is -0.373 e. The molecular weight excluding hydrogens is 264 g/mol. The van der Waals surface area contributed by atoms with Crippen LogP contribution in [0.3, 0.4) is 0 Å². The number of amides is 1. The Morgan fingerprint density at radius 2 is 2.10 bits per heavy atom. The standard InChI is InChI=1S/C17H26N2O2/c1-13(11-18-2)12-19-17(20)15-9-6-10-21-16(15)14-7-4-3-5-8-14/h3-5,7-8,13,15-16,18H,6,9-12H2,1-2H3,(H,19,20). The monoisotopic (exact) mass is 290 g/mol. The van der Waals surface area contributed by atoms with E-state index < -0.39 is 0 Å². The number of benzene rings is 1. The molecule has 4 nitrogen and oxygen atoms in total. The smallest absolute Gasteiger partial charge is 0.226 e. The van der Waals surface area contributed by atoms with Crippen LogP contribution in [0.5, 0.6) is 0 Å². The van der Waals surface area contributed by atoms with Crippen LogP contribution in [0.4, 0.5) is 0 Å². The van der Waals surface area contributed by atoms with Crippen LogP contribution >= 0.6 is 0 Å². The Morgan fingerprint density at radius 1 is 1.33 bits per heavy atom. The summed E-state index contributed by atoms with van der Waals surface area (Å²) in [5.41, 5.74) is 1.10. The minimum absolute atomic E-state index is 0.0806. The molecule has 0 spiro atoms. The zero-order valence-electron chi connectivity index (χ0n) is 13.0. The highest BCUT2D eigenvalue weighted by Gasteiger charge is 2.32. The number of rotatable bonds is 6. The van der Waals surface area contributed by atoms with E-state index in [2.05, 4.69) is 17.6 Å². The molecule has 3 atom stereocenters. The molecule has 0 bridgehead atoms. The van der Waals surface area contributed by atoms with Gasteiger partial charge in [-0.2, -0.15) is 0 Å². The first kappa shape index (κ1) is 16.0. The van der Waals surface area contributed by atoms with Crippen LogP contribution in [-0.4, -0.2) is 32.7 Å². The van der Waals surface area contributed by atoms with Gasteiger partial charge in [0.2, 0.25) is 5.91 Å². The van der Waals surface area contributed by atoms with E-state index in [0.717, 1.165) is 31.6 Å². The third kappa shape index (κ3) is 4.55. The summed E-state index contributed by atoms with van der Waals surface area (Å²) >= 11 is 0. The van der Waals surface area contributed by atoms with Gasteiger partial charge in [-0.3, -0.25) is 4.79 Å². The maximum absolute atomic E-state index is 12.5. The summed E-state index contributed by atoms with van der Waals surface area (Å²) in [5, 5.41) is 6.21. The van der Waals surface area contributed by atoms with Crippen LogP contribution in [0.15, 0.2) is 30.3 Å². The summed E-state index contributed by atoms with van der Waals surface area (Å²) in [6, 6.07) is 10.1. The lowest BCUT2D eigenvalue weighted by Gasteiger charge is -2.31. The molecule has 21 heavy (non-hydrogen) atoms. The highest BCUT2D eigenvalue weighted by molar-refractivity contribution is 5.79. The van der Waals surface area contributed by atoms with Gasteiger partial charge in [0.15, 0.2) is 0 Å². The van der Waals surface area contributed by atoms with Crippen molar-refractivity contribution >= 4 is 5.91 Å². The van der Waals surface area contributed by atoms with Gasteiger partial charge >= 0.3 is 0 Å². The van der Waals surface area contributed by atoms with Crippen LogP contribution in [0.2, 0.25) is 0 Å². The molecule has 1 aromatic carbocycles. The zero-order chi connectivity index (χ0) is 15.1. The lowest BCUT2D eigenvalue weighted by molar-refractivity contribution is -0.134. The van der Waals surface area contributed by atoms with Crippen molar-refractivity contribution in [2.24, 2.45) is 11.8 Å². The number of carbonyl (C=O) groups excluding carboxylic acids is 1. The average Bonchev–Trinajstić information content (AvgIpc) is 2.54. The highest BCUT2D eigenvalue weighted by atomic mass is 16.5. The summed E-state index contributed by atoms with van der Waals surface area (Å²) < 4.78 is 5.88. The number of ether oxygens (including phenoxy) is 1. The molecule has 1 saturated heterocycles. The largest absolute Gasteiger partial charge is 0.373 e. The number of carbonyl (C=O) groups is 1. The summed E-state index contributed by atoms with van der Waals surface area (Å²) in [4.78, 5) is 12.5. The molecule has 1 fully saturated rings. The van der Waals surface area contributed by atoms with Gasteiger partial charge in [0.1, 0.15) is 0 Å². The lowest BCUT2D eigenvalue weighted by Crippen LogP contribution is -2.40. The molecule has 4 heteroatoms. The molecule has 0 radical (unpaired) electrons. The molecule has 1 aromatic rings. The Hall–Kier alpha value is -1.39. The van der Waals surface area contributed by atoms with Gasteiger partial charge in [0.25, 0.3) is 0 Å². The molecular formula is C17H26N2O2. The van der Waals surface area contributed by atoms with E-state index in [9.17, 15) is 4.79 Å². The Bertz CT molecular complexity index is 436. The van der Waals surface area contributed by atoms with Gasteiger partial charge < -0.3 is 15.4 Å². The molecule has 1 aliphatic heterocycles. The molecule has 116 valence electrons. The van der Waals surface area contributed by atoms with Crippen molar-refractivity contribution in [1.29, 1.82) is 0 Å². The van der Waals surface area contributed by atoms with Crippen molar-refractivity contribution in [3.05, 3.63) is 35.9 Å². The lowest BCUT2D eigenvalue weighted by atomic mass is 9.88. The van der Waals surface area contributed by atoms with E-state index in [-0.39, 0.29) is 17.9 Å². The van der Waals surface area contributed by atoms with Crippen LogP contribution in [0, 0.1) is 11.8 Å². The molecule has 1 heterocycles. The first-order chi connectivity index (χ1) is 10.2. The van der Waals surface area contributed by atoms with Crippen LogP contribution in [-0.2, 0) is 9.53 Å². The Kier molecular flexibility index (Phi) is 6.21. The maximum Gasteiger partial charge on any atom is 0.226 e. The van der Waals surface area contributed by atoms with Gasteiger partial charge in [-0.25, -0.2) is 0 Å². The van der Waals surface area contributed by atoms with E-state index in [1.54, 1.807) is 0 Å². The number of hydrogen-bond acceptors (Lipinski definition) is 3. The quantitative estimate of drug-likeness (QED) is 0.844. The molecule has 0 aliphatic carbocycles. The first-order valence-corrected chi connectivity index (χ1v) is 7.81. The van der Waals surface area contributed by atoms with Crippen LogP contribution < -0.4 is 10.6 Å². The second kappa shape index (κ2) is 8.15. The van der Waals surface area contributed by atoms with Crippen molar-refractivity contribution < 1.29 is 9.53 Å². The SMILES string of the molecule is CNCC(C)CNC(=O)C1CCCOC1c1ccccc1. The summed E-state index contributed by atoms with van der Waals surface area (Å²) in [6.45, 7) is 4.48. The third-order valence-corrected chi connectivity index (χ3v) is 3.96. The Morgan fingerprint density at radius 3 is 2.81 bits per heavy atom. The van der Waals surface area contributed by atoms with Gasteiger partial charge in [0.05, 0.1) is 12.0 Å². The fourth-order valence-corrected chi connectivity index (χ4v) is 2.85. The molecule has 3 unspecified atom stereocenters. The predicted molar refractivity (Wildman–Crippen MR) is 84.0 cm³/mol. The van der Waals surface area contributed by atoms with Gasteiger partial charge in [0, 0.05) is 13.2 Å². The molecule has 2 N–H and O–H groups in total. The van der Waals surface area contributed by atoms with E-state index in [0.29, 0.717) is 12.5 Å². The Balaban J connectivity index is 1.96. The minimum atomic E-state index is -0.112. The molecule has 1 aliphatic rings. The van der Waals surface area contributed by atoms with Gasteiger partial charge in [-0.05, 0) is 37.9 Å². The van der Waals surface area contributed by atoms with Crippen LogP contribution in [0.1, 0.15) is 31.4 Å². The topological polar surface area (TPSA) is 50.4 Å². The fourth-order valence-electron chi connectivity index (χ4n) is 2.85. The maximum atomic E-state index is 12.5. The molecule has 0 aromatic heterocycles. The van der Waals surface area contributed by atoms with Gasteiger partial charge in [-0.15, -0.1) is 0 Å². The normalized spacial score (nSPS) is 23.5.